The SMILES string of the molecule is CC[C@@H](COC(=O)Nc1cccc2ccccc12)NC(=O)OC. The van der Waals surface area contributed by atoms with Crippen molar-refractivity contribution in [1.29, 1.82) is 0 Å². The maximum Gasteiger partial charge on any atom is 0.411 e. The van der Waals surface area contributed by atoms with Gasteiger partial charge in [-0.1, -0.05) is 43.3 Å². The molecule has 2 amide bonds. The number of hydrogen-bond donors (Lipinski definition) is 2. The number of benzene rings is 2. The summed E-state index contributed by atoms with van der Waals surface area (Å²) in [5.74, 6) is 0. The van der Waals surface area contributed by atoms with Crippen molar-refractivity contribution in [3.63, 3.8) is 0 Å². The molecule has 0 heterocycles. The van der Waals surface area contributed by atoms with E-state index in [9.17, 15) is 9.59 Å². The van der Waals surface area contributed by atoms with Crippen molar-refractivity contribution in [2.24, 2.45) is 0 Å². The van der Waals surface area contributed by atoms with Gasteiger partial charge < -0.3 is 14.8 Å². The van der Waals surface area contributed by atoms with E-state index in [1.165, 1.54) is 7.11 Å². The van der Waals surface area contributed by atoms with Gasteiger partial charge in [0.15, 0.2) is 0 Å². The van der Waals surface area contributed by atoms with Crippen LogP contribution in [-0.4, -0.2) is 31.9 Å². The summed E-state index contributed by atoms with van der Waals surface area (Å²) in [6, 6.07) is 13.1. The molecule has 0 aromatic heterocycles. The Morgan fingerprint density at radius 1 is 1.09 bits per heavy atom. The third-order valence-corrected chi connectivity index (χ3v) is 3.44. The van der Waals surface area contributed by atoms with Crippen LogP contribution in [0.4, 0.5) is 15.3 Å². The molecule has 2 N–H and O–H groups in total. The van der Waals surface area contributed by atoms with E-state index < -0.39 is 12.2 Å². The van der Waals surface area contributed by atoms with Gasteiger partial charge in [-0.25, -0.2) is 9.59 Å². The molecule has 1 atom stereocenters. The van der Waals surface area contributed by atoms with E-state index >= 15 is 0 Å². The monoisotopic (exact) mass is 316 g/mol. The molecule has 0 radical (unpaired) electrons. The summed E-state index contributed by atoms with van der Waals surface area (Å²) >= 11 is 0. The first kappa shape index (κ1) is 16.6. The predicted octanol–water partition coefficient (Wildman–Crippen LogP) is 3.52. The number of ether oxygens (including phenoxy) is 2. The van der Waals surface area contributed by atoms with Gasteiger partial charge in [0.05, 0.1) is 18.8 Å². The van der Waals surface area contributed by atoms with Crippen molar-refractivity contribution < 1.29 is 19.1 Å². The number of fused-ring (bicyclic) bond motifs is 1. The standard InChI is InChI=1S/C17H20N2O4/c1-3-13(18-16(20)22-2)11-23-17(21)19-15-10-6-8-12-7-4-5-9-14(12)15/h4-10,13H,3,11H2,1-2H3,(H,18,20)(H,19,21)/t13-/m0/s1. The van der Waals surface area contributed by atoms with Crippen LogP contribution >= 0.6 is 0 Å². The summed E-state index contributed by atoms with van der Waals surface area (Å²) in [5, 5.41) is 7.29. The highest BCUT2D eigenvalue weighted by molar-refractivity contribution is 6.00. The van der Waals surface area contributed by atoms with Gasteiger partial charge >= 0.3 is 12.2 Å². The number of hydrogen-bond acceptors (Lipinski definition) is 4. The molecule has 6 heteroatoms. The Morgan fingerprint density at radius 2 is 1.83 bits per heavy atom. The minimum absolute atomic E-state index is 0.0716. The Kier molecular flexibility index (Phi) is 5.80. The zero-order valence-corrected chi connectivity index (χ0v) is 13.2. The highest BCUT2D eigenvalue weighted by Gasteiger charge is 2.13. The predicted molar refractivity (Wildman–Crippen MR) is 88.5 cm³/mol. The number of carbonyl (C=O) groups excluding carboxylic acids is 2. The molecule has 122 valence electrons. The molecule has 23 heavy (non-hydrogen) atoms. The van der Waals surface area contributed by atoms with Crippen molar-refractivity contribution in [2.45, 2.75) is 19.4 Å². The van der Waals surface area contributed by atoms with Gasteiger partial charge in [0, 0.05) is 5.39 Å². The van der Waals surface area contributed by atoms with E-state index in [2.05, 4.69) is 15.4 Å². The highest BCUT2D eigenvalue weighted by atomic mass is 16.6. The molecule has 0 bridgehead atoms. The third kappa shape index (κ3) is 4.60. The zero-order valence-electron chi connectivity index (χ0n) is 13.2. The van der Waals surface area contributed by atoms with Gasteiger partial charge in [0.2, 0.25) is 0 Å². The molecule has 2 rings (SSSR count). The summed E-state index contributed by atoms with van der Waals surface area (Å²) in [6.45, 7) is 1.95. The highest BCUT2D eigenvalue weighted by Crippen LogP contribution is 2.22. The van der Waals surface area contributed by atoms with E-state index in [4.69, 9.17) is 4.74 Å². The second-order valence-corrected chi connectivity index (χ2v) is 4.99. The average molecular weight is 316 g/mol. The number of nitrogens with one attached hydrogen (secondary N) is 2. The smallest absolute Gasteiger partial charge is 0.411 e. The lowest BCUT2D eigenvalue weighted by atomic mass is 10.1. The number of anilines is 1. The number of carbonyl (C=O) groups is 2. The Morgan fingerprint density at radius 3 is 2.57 bits per heavy atom. The first-order chi connectivity index (χ1) is 11.1. The Balaban J connectivity index is 1.95. The van der Waals surface area contributed by atoms with Crippen LogP contribution in [-0.2, 0) is 9.47 Å². The topological polar surface area (TPSA) is 76.7 Å². The molecule has 0 aliphatic rings. The summed E-state index contributed by atoms with van der Waals surface area (Å²) in [7, 11) is 1.29. The van der Waals surface area contributed by atoms with Gasteiger partial charge in [-0.05, 0) is 17.9 Å². The lowest BCUT2D eigenvalue weighted by Crippen LogP contribution is -2.38. The van der Waals surface area contributed by atoms with Crippen LogP contribution in [0.25, 0.3) is 10.8 Å². The summed E-state index contributed by atoms with van der Waals surface area (Å²) in [6.07, 6.45) is -0.488. The number of rotatable bonds is 5. The molecule has 0 spiro atoms. The minimum atomic E-state index is -0.563. The lowest BCUT2D eigenvalue weighted by Gasteiger charge is -2.16. The second kappa shape index (κ2) is 8.03. The Hall–Kier alpha value is -2.76. The zero-order chi connectivity index (χ0) is 16.7. The van der Waals surface area contributed by atoms with Crippen LogP contribution in [0.1, 0.15) is 13.3 Å². The van der Waals surface area contributed by atoms with Gasteiger partial charge in [-0.15, -0.1) is 0 Å². The minimum Gasteiger partial charge on any atom is -0.453 e. The summed E-state index contributed by atoms with van der Waals surface area (Å²) in [5.41, 5.74) is 0.682. The molecule has 2 aromatic rings. The van der Waals surface area contributed by atoms with E-state index in [1.54, 1.807) is 0 Å². The van der Waals surface area contributed by atoms with E-state index in [1.807, 2.05) is 49.4 Å². The van der Waals surface area contributed by atoms with Crippen LogP contribution in [0.3, 0.4) is 0 Å². The maximum atomic E-state index is 12.0. The molecule has 0 unspecified atom stereocenters. The molecule has 2 aromatic carbocycles. The molecular formula is C17H20N2O4. The Labute approximate surface area is 134 Å². The van der Waals surface area contributed by atoms with Gasteiger partial charge in [0.25, 0.3) is 0 Å². The van der Waals surface area contributed by atoms with Crippen LogP contribution < -0.4 is 10.6 Å². The molecule has 0 aliphatic heterocycles. The fourth-order valence-electron chi connectivity index (χ4n) is 2.14. The van der Waals surface area contributed by atoms with Crippen molar-refractivity contribution in [3.8, 4) is 0 Å². The first-order valence-corrected chi connectivity index (χ1v) is 7.40. The first-order valence-electron chi connectivity index (χ1n) is 7.40. The van der Waals surface area contributed by atoms with Crippen molar-refractivity contribution >= 4 is 28.6 Å². The molecule has 0 aliphatic carbocycles. The number of alkyl carbamates (subject to hydrolysis) is 1. The van der Waals surface area contributed by atoms with Crippen molar-refractivity contribution in [1.82, 2.24) is 5.32 Å². The summed E-state index contributed by atoms with van der Waals surface area (Å²) in [4.78, 5) is 23.1. The van der Waals surface area contributed by atoms with Gasteiger partial charge in [0.1, 0.15) is 6.61 Å². The molecule has 0 saturated heterocycles. The van der Waals surface area contributed by atoms with Gasteiger partial charge in [-0.2, -0.15) is 0 Å². The fourth-order valence-corrected chi connectivity index (χ4v) is 2.14. The van der Waals surface area contributed by atoms with Crippen LogP contribution in [0.15, 0.2) is 42.5 Å². The molecule has 0 saturated carbocycles. The van der Waals surface area contributed by atoms with Crippen LogP contribution in [0.5, 0.6) is 0 Å². The number of amides is 2. The summed E-state index contributed by atoms with van der Waals surface area (Å²) < 4.78 is 9.70. The number of methoxy groups -OCH3 is 1. The quantitative estimate of drug-likeness (QED) is 0.885. The molecular weight excluding hydrogens is 296 g/mol. The third-order valence-electron chi connectivity index (χ3n) is 3.44. The van der Waals surface area contributed by atoms with Crippen molar-refractivity contribution in [2.75, 3.05) is 19.0 Å². The largest absolute Gasteiger partial charge is 0.453 e. The van der Waals surface area contributed by atoms with E-state index in [0.717, 1.165) is 10.8 Å². The van der Waals surface area contributed by atoms with Crippen LogP contribution in [0, 0.1) is 0 Å². The average Bonchev–Trinajstić information content (AvgIpc) is 2.58. The molecule has 6 nitrogen and oxygen atoms in total. The van der Waals surface area contributed by atoms with E-state index in [0.29, 0.717) is 12.1 Å². The molecule has 0 fully saturated rings. The maximum absolute atomic E-state index is 12.0. The lowest BCUT2D eigenvalue weighted by molar-refractivity contribution is 0.135. The van der Waals surface area contributed by atoms with Crippen LogP contribution in [0.2, 0.25) is 0 Å². The fraction of sp³-hybridized carbons (Fsp3) is 0.294. The Bertz CT molecular complexity index is 682. The normalized spacial score (nSPS) is 11.6. The second-order valence-electron chi connectivity index (χ2n) is 4.99. The van der Waals surface area contributed by atoms with Gasteiger partial charge in [-0.3, -0.25) is 5.32 Å². The van der Waals surface area contributed by atoms with E-state index in [-0.39, 0.29) is 12.6 Å². The van der Waals surface area contributed by atoms with Crippen molar-refractivity contribution in [3.05, 3.63) is 42.5 Å².